The minimum absolute atomic E-state index is 1.13. The molecule has 1 aromatic rings. The van der Waals surface area contributed by atoms with Crippen molar-refractivity contribution in [2.75, 3.05) is 0 Å². The molecule has 0 bridgehead atoms. The van der Waals surface area contributed by atoms with Crippen LogP contribution in [0.5, 0.6) is 0 Å². The maximum atomic E-state index is 2.75. The number of hydrogen-bond donors (Lipinski definition) is 0. The van der Waals surface area contributed by atoms with Crippen molar-refractivity contribution in [1.29, 1.82) is 0 Å². The van der Waals surface area contributed by atoms with E-state index in [1.165, 1.54) is 16.4 Å². The summed E-state index contributed by atoms with van der Waals surface area (Å²) < 4.78 is 0. The quantitative estimate of drug-likeness (QED) is 0.540. The lowest BCUT2D eigenvalue weighted by molar-refractivity contribution is 1.12. The maximum Gasteiger partial charge on any atom is -0.0271 e. The first kappa shape index (κ1) is 7.75. The molecule has 0 aromatic heterocycles. The van der Waals surface area contributed by atoms with Crippen LogP contribution in [-0.2, 0) is 6.42 Å². The minimum atomic E-state index is 1.13. The van der Waals surface area contributed by atoms with Gasteiger partial charge in [-0.2, -0.15) is 0 Å². The van der Waals surface area contributed by atoms with Crippen molar-refractivity contribution in [2.24, 2.45) is 0 Å². The Hall–Kier alpha value is -0.350. The molecule has 1 unspecified atom stereocenters. The van der Waals surface area contributed by atoms with Gasteiger partial charge in [0.1, 0.15) is 0 Å². The van der Waals surface area contributed by atoms with Crippen LogP contribution in [0.15, 0.2) is 18.2 Å². The highest BCUT2D eigenvalue weighted by molar-refractivity contribution is 7.27. The molecule has 0 aliphatic rings. The van der Waals surface area contributed by atoms with Gasteiger partial charge in [-0.1, -0.05) is 25.1 Å². The van der Waals surface area contributed by atoms with Crippen LogP contribution in [0.2, 0.25) is 0 Å². The topological polar surface area (TPSA) is 0 Å². The van der Waals surface area contributed by atoms with Gasteiger partial charge in [-0.3, -0.25) is 0 Å². The van der Waals surface area contributed by atoms with Crippen LogP contribution in [0.25, 0.3) is 0 Å². The number of benzene rings is 1. The lowest BCUT2D eigenvalue weighted by atomic mass is 10.1. The Morgan fingerprint density at radius 3 is 2.60 bits per heavy atom. The Bertz CT molecular complexity index is 228. The van der Waals surface area contributed by atoms with E-state index < -0.39 is 0 Å². The van der Waals surface area contributed by atoms with Crippen LogP contribution < -0.4 is 5.30 Å². The molecule has 0 nitrogen and oxygen atoms in total. The molecule has 54 valence electrons. The summed E-state index contributed by atoms with van der Waals surface area (Å²) in [5.74, 6) is 0. The van der Waals surface area contributed by atoms with Gasteiger partial charge in [0.15, 0.2) is 0 Å². The van der Waals surface area contributed by atoms with Crippen LogP contribution in [0.4, 0.5) is 0 Å². The van der Waals surface area contributed by atoms with Crippen LogP contribution in [0.1, 0.15) is 18.1 Å². The molecule has 1 atom stereocenters. The van der Waals surface area contributed by atoms with E-state index >= 15 is 0 Å². The van der Waals surface area contributed by atoms with E-state index in [-0.39, 0.29) is 0 Å². The van der Waals surface area contributed by atoms with E-state index in [4.69, 9.17) is 0 Å². The third kappa shape index (κ3) is 1.38. The largest absolute Gasteiger partial charge is 0.105 e. The molecule has 0 spiro atoms. The highest BCUT2D eigenvalue weighted by Crippen LogP contribution is 2.07. The molecule has 0 fully saturated rings. The summed E-state index contributed by atoms with van der Waals surface area (Å²) in [6.07, 6.45) is 1.13. The fourth-order valence-corrected chi connectivity index (χ4v) is 1.38. The second kappa shape index (κ2) is 3.16. The SMILES string of the molecule is CCc1cccc(P)c1C. The molecule has 1 aromatic carbocycles. The molecular formula is C9H13P. The van der Waals surface area contributed by atoms with Crippen molar-refractivity contribution in [3.8, 4) is 0 Å². The molecular weight excluding hydrogens is 139 g/mol. The molecule has 0 aliphatic heterocycles. The summed E-state index contributed by atoms with van der Waals surface area (Å²) in [4.78, 5) is 0. The summed E-state index contributed by atoms with van der Waals surface area (Å²) in [5, 5.41) is 1.32. The number of rotatable bonds is 1. The first-order chi connectivity index (χ1) is 4.75. The van der Waals surface area contributed by atoms with E-state index in [1.807, 2.05) is 0 Å². The lowest BCUT2D eigenvalue weighted by Crippen LogP contribution is -1.99. The van der Waals surface area contributed by atoms with Crippen LogP contribution >= 0.6 is 9.24 Å². The van der Waals surface area contributed by atoms with Crippen molar-refractivity contribution in [1.82, 2.24) is 0 Å². The fourth-order valence-electron chi connectivity index (χ4n) is 1.09. The second-order valence-electron chi connectivity index (χ2n) is 2.48. The maximum absolute atomic E-state index is 2.75. The van der Waals surface area contributed by atoms with Crippen molar-refractivity contribution in [3.63, 3.8) is 0 Å². The molecule has 0 saturated carbocycles. The highest BCUT2D eigenvalue weighted by atomic mass is 31.0. The van der Waals surface area contributed by atoms with E-state index in [0.29, 0.717) is 0 Å². The van der Waals surface area contributed by atoms with Gasteiger partial charge in [-0.15, -0.1) is 9.24 Å². The zero-order chi connectivity index (χ0) is 7.56. The Labute approximate surface area is 64.9 Å². The number of hydrogen-bond acceptors (Lipinski definition) is 0. The van der Waals surface area contributed by atoms with Gasteiger partial charge in [0.05, 0.1) is 0 Å². The molecule has 0 saturated heterocycles. The summed E-state index contributed by atoms with van der Waals surface area (Å²) in [6, 6.07) is 6.41. The van der Waals surface area contributed by atoms with Crippen LogP contribution in [-0.4, -0.2) is 0 Å². The van der Waals surface area contributed by atoms with Gasteiger partial charge in [0.25, 0.3) is 0 Å². The molecule has 1 rings (SSSR count). The molecule has 1 heteroatoms. The molecule has 0 amide bonds. The van der Waals surface area contributed by atoms with Gasteiger partial charge >= 0.3 is 0 Å². The van der Waals surface area contributed by atoms with E-state index in [1.54, 1.807) is 0 Å². The Balaban J connectivity index is 3.14. The predicted octanol–water partition coefficient (Wildman–Crippen LogP) is 2.06. The van der Waals surface area contributed by atoms with E-state index in [0.717, 1.165) is 6.42 Å². The smallest absolute Gasteiger partial charge is 0.0271 e. The minimum Gasteiger partial charge on any atom is -0.105 e. The first-order valence-electron chi connectivity index (χ1n) is 3.59. The van der Waals surface area contributed by atoms with Gasteiger partial charge in [-0.25, -0.2) is 0 Å². The van der Waals surface area contributed by atoms with E-state index in [9.17, 15) is 0 Å². The second-order valence-corrected chi connectivity index (χ2v) is 3.11. The van der Waals surface area contributed by atoms with Crippen molar-refractivity contribution < 1.29 is 0 Å². The zero-order valence-corrected chi connectivity index (χ0v) is 7.67. The normalized spacial score (nSPS) is 9.90. The average molecular weight is 152 g/mol. The Morgan fingerprint density at radius 1 is 1.40 bits per heavy atom. The molecule has 0 heterocycles. The Kier molecular flexibility index (Phi) is 2.45. The Morgan fingerprint density at radius 2 is 2.10 bits per heavy atom. The molecule has 0 N–H and O–H groups in total. The third-order valence-electron chi connectivity index (χ3n) is 1.87. The van der Waals surface area contributed by atoms with E-state index in [2.05, 4.69) is 41.3 Å². The zero-order valence-electron chi connectivity index (χ0n) is 6.52. The van der Waals surface area contributed by atoms with Crippen LogP contribution in [0.3, 0.4) is 0 Å². The molecule has 10 heavy (non-hydrogen) atoms. The van der Waals surface area contributed by atoms with Gasteiger partial charge in [0, 0.05) is 0 Å². The third-order valence-corrected chi connectivity index (χ3v) is 2.49. The van der Waals surface area contributed by atoms with Gasteiger partial charge in [0.2, 0.25) is 0 Å². The van der Waals surface area contributed by atoms with Crippen molar-refractivity contribution in [2.45, 2.75) is 20.3 Å². The average Bonchev–Trinajstić information content (AvgIpc) is 1.95. The van der Waals surface area contributed by atoms with Crippen molar-refractivity contribution in [3.05, 3.63) is 29.3 Å². The predicted molar refractivity (Wildman–Crippen MR) is 49.9 cm³/mol. The summed E-state index contributed by atoms with van der Waals surface area (Å²) >= 11 is 0. The summed E-state index contributed by atoms with van der Waals surface area (Å²) in [7, 11) is 2.75. The van der Waals surface area contributed by atoms with Gasteiger partial charge in [-0.05, 0) is 29.8 Å². The first-order valence-corrected chi connectivity index (χ1v) is 4.17. The summed E-state index contributed by atoms with van der Waals surface area (Å²) in [5.41, 5.74) is 2.86. The van der Waals surface area contributed by atoms with Crippen LogP contribution in [0, 0.1) is 6.92 Å². The lowest BCUT2D eigenvalue weighted by Gasteiger charge is -2.04. The number of aryl methyl sites for hydroxylation is 1. The molecule has 0 aliphatic carbocycles. The fraction of sp³-hybridized carbons (Fsp3) is 0.333. The molecule has 0 radical (unpaired) electrons. The van der Waals surface area contributed by atoms with Crippen molar-refractivity contribution >= 4 is 14.5 Å². The highest BCUT2D eigenvalue weighted by Gasteiger charge is 1.95. The van der Waals surface area contributed by atoms with Gasteiger partial charge < -0.3 is 0 Å². The monoisotopic (exact) mass is 152 g/mol. The standard InChI is InChI=1S/C9H13P/c1-3-8-5-4-6-9(10)7(8)2/h4-6H,3,10H2,1-2H3. The summed E-state index contributed by atoms with van der Waals surface area (Å²) in [6.45, 7) is 4.35.